The molecule has 1 aliphatic heterocycles. The number of carboxylic acid groups (broad SMARTS) is 1. The van der Waals surface area contributed by atoms with Crippen molar-refractivity contribution < 1.29 is 27.6 Å². The van der Waals surface area contributed by atoms with E-state index in [4.69, 9.17) is 9.63 Å². The lowest BCUT2D eigenvalue weighted by molar-refractivity contribution is -0.137. The van der Waals surface area contributed by atoms with Crippen molar-refractivity contribution >= 4 is 21.9 Å². The Morgan fingerprint density at radius 3 is 2.69 bits per heavy atom. The van der Waals surface area contributed by atoms with E-state index < -0.39 is 22.0 Å². The summed E-state index contributed by atoms with van der Waals surface area (Å²) in [4.78, 5) is 24.9. The average molecular weight is 387 g/mol. The van der Waals surface area contributed by atoms with Crippen molar-refractivity contribution in [1.29, 1.82) is 0 Å². The van der Waals surface area contributed by atoms with Crippen LogP contribution < -0.4 is 4.72 Å². The van der Waals surface area contributed by atoms with Crippen molar-refractivity contribution in [2.75, 3.05) is 13.1 Å². The van der Waals surface area contributed by atoms with E-state index in [9.17, 15) is 18.0 Å². The molecule has 0 bridgehead atoms. The summed E-state index contributed by atoms with van der Waals surface area (Å²) in [5.41, 5.74) is 0.237. The summed E-state index contributed by atoms with van der Waals surface area (Å²) in [5.74, 6) is -0.883. The highest BCUT2D eigenvalue weighted by Crippen LogP contribution is 2.22. The quantitative estimate of drug-likeness (QED) is 0.715. The third-order valence-corrected chi connectivity index (χ3v) is 6.32. The molecule has 0 spiro atoms. The number of carboxylic acids is 1. The Hall–Kier alpha value is -1.94. The fourth-order valence-electron chi connectivity index (χ4n) is 3.30. The van der Waals surface area contributed by atoms with Crippen molar-refractivity contribution in [3.8, 4) is 0 Å². The van der Waals surface area contributed by atoms with Crippen LogP contribution in [0, 0.1) is 19.8 Å². The number of hydrogen-bond acceptors (Lipinski definition) is 6. The highest BCUT2D eigenvalue weighted by molar-refractivity contribution is 7.89. The average Bonchev–Trinajstić information content (AvgIpc) is 2.91. The molecule has 1 aliphatic rings. The van der Waals surface area contributed by atoms with E-state index in [-0.39, 0.29) is 34.6 Å². The Kier molecular flexibility index (Phi) is 6.40. The van der Waals surface area contributed by atoms with Crippen LogP contribution in [0.15, 0.2) is 9.42 Å². The number of carbonyl (C=O) groups is 2. The first-order valence-electron chi connectivity index (χ1n) is 8.57. The number of hydrogen-bond donors (Lipinski definition) is 2. The van der Waals surface area contributed by atoms with Gasteiger partial charge in [-0.2, -0.15) is 4.72 Å². The van der Waals surface area contributed by atoms with Crippen LogP contribution in [0.3, 0.4) is 0 Å². The number of nitrogens with one attached hydrogen (secondary N) is 1. The first kappa shape index (κ1) is 20.4. The molecule has 0 aliphatic carbocycles. The zero-order valence-corrected chi connectivity index (χ0v) is 16.0. The van der Waals surface area contributed by atoms with E-state index in [0.717, 1.165) is 12.8 Å². The highest BCUT2D eigenvalue weighted by atomic mass is 32.2. The van der Waals surface area contributed by atoms with Gasteiger partial charge in [-0.25, -0.2) is 8.42 Å². The summed E-state index contributed by atoms with van der Waals surface area (Å²) in [6.45, 7) is 5.51. The largest absolute Gasteiger partial charge is 0.481 e. The zero-order chi connectivity index (χ0) is 19.5. The van der Waals surface area contributed by atoms with Crippen LogP contribution in [0.4, 0.5) is 0 Å². The molecule has 2 unspecified atom stereocenters. The van der Waals surface area contributed by atoms with Crippen LogP contribution in [-0.2, 0) is 19.6 Å². The highest BCUT2D eigenvalue weighted by Gasteiger charge is 2.32. The van der Waals surface area contributed by atoms with E-state index in [0.29, 0.717) is 19.5 Å². The van der Waals surface area contributed by atoms with Gasteiger partial charge in [0.05, 0.1) is 6.04 Å². The Balaban J connectivity index is 2.01. The fourth-order valence-corrected chi connectivity index (χ4v) is 4.83. The van der Waals surface area contributed by atoms with Gasteiger partial charge >= 0.3 is 5.97 Å². The number of aromatic nitrogens is 1. The second-order valence-electron chi connectivity index (χ2n) is 6.72. The van der Waals surface area contributed by atoms with Gasteiger partial charge in [-0.15, -0.1) is 0 Å². The molecule has 2 atom stereocenters. The number of nitrogens with zero attached hydrogens (tertiary/aromatic N) is 2. The van der Waals surface area contributed by atoms with Gasteiger partial charge < -0.3 is 14.5 Å². The third kappa shape index (κ3) is 4.82. The molecule has 0 radical (unpaired) electrons. The molecule has 1 fully saturated rings. The van der Waals surface area contributed by atoms with Crippen LogP contribution in [0.25, 0.3) is 0 Å². The van der Waals surface area contributed by atoms with Crippen LogP contribution in [0.5, 0.6) is 0 Å². The van der Waals surface area contributed by atoms with Crippen LogP contribution in [0.2, 0.25) is 0 Å². The molecule has 2 heterocycles. The summed E-state index contributed by atoms with van der Waals surface area (Å²) in [7, 11) is -3.93. The number of sulfonamides is 1. The molecule has 146 valence electrons. The Bertz CT molecular complexity index is 753. The molecule has 1 aromatic rings. The van der Waals surface area contributed by atoms with Gasteiger partial charge in [-0.3, -0.25) is 9.59 Å². The van der Waals surface area contributed by atoms with Gasteiger partial charge in [0.15, 0.2) is 5.76 Å². The number of aryl methyl sites for hydroxylation is 2. The van der Waals surface area contributed by atoms with Crippen molar-refractivity contribution in [2.45, 2.75) is 57.4 Å². The van der Waals surface area contributed by atoms with Gasteiger partial charge in [0.2, 0.25) is 15.9 Å². The van der Waals surface area contributed by atoms with Gasteiger partial charge in [-0.1, -0.05) is 5.16 Å². The third-order valence-electron chi connectivity index (χ3n) is 4.54. The Morgan fingerprint density at radius 2 is 2.12 bits per heavy atom. The first-order chi connectivity index (χ1) is 12.1. The van der Waals surface area contributed by atoms with Crippen LogP contribution >= 0.6 is 0 Å². The summed E-state index contributed by atoms with van der Waals surface area (Å²) < 4.78 is 32.3. The monoisotopic (exact) mass is 387 g/mol. The standard InChI is InChI=1S/C16H25N3O6S/c1-10-15(12(3)25-17-10)26(23,24)18-11(2)16(22)19-8-4-5-13(9-19)6-7-14(20)21/h11,13,18H,4-9H2,1-3H3,(H,20,21). The van der Waals surface area contributed by atoms with E-state index in [1.54, 1.807) is 4.90 Å². The minimum absolute atomic E-state index is 0.0462. The molecule has 1 aromatic heterocycles. The summed E-state index contributed by atoms with van der Waals surface area (Å²) in [5, 5.41) is 12.4. The summed E-state index contributed by atoms with van der Waals surface area (Å²) in [6, 6.07) is -0.938. The molecule has 0 aromatic carbocycles. The fraction of sp³-hybridized carbons (Fsp3) is 0.688. The second-order valence-corrected chi connectivity index (χ2v) is 8.37. The predicted octanol–water partition coefficient (Wildman–Crippen LogP) is 1.06. The van der Waals surface area contributed by atoms with E-state index in [1.807, 2.05) is 0 Å². The maximum Gasteiger partial charge on any atom is 0.303 e. The normalized spacial score (nSPS) is 19.3. The molecular weight excluding hydrogens is 362 g/mol. The molecule has 1 saturated heterocycles. The first-order valence-corrected chi connectivity index (χ1v) is 10.1. The lowest BCUT2D eigenvalue weighted by Gasteiger charge is -2.34. The van der Waals surface area contributed by atoms with Gasteiger partial charge in [0.1, 0.15) is 10.6 Å². The molecular formula is C16H25N3O6S. The molecule has 9 nitrogen and oxygen atoms in total. The summed E-state index contributed by atoms with van der Waals surface area (Å²) >= 11 is 0. The number of aliphatic carboxylic acids is 1. The van der Waals surface area contributed by atoms with Crippen LogP contribution in [0.1, 0.15) is 44.1 Å². The number of carbonyl (C=O) groups excluding carboxylic acids is 1. The van der Waals surface area contributed by atoms with Crippen LogP contribution in [-0.4, -0.2) is 54.6 Å². The molecule has 0 saturated carbocycles. The maximum atomic E-state index is 12.6. The zero-order valence-electron chi connectivity index (χ0n) is 15.2. The number of likely N-dealkylation sites (tertiary alicyclic amines) is 1. The topological polar surface area (TPSA) is 130 Å². The van der Waals surface area contributed by atoms with Gasteiger partial charge in [0, 0.05) is 19.5 Å². The van der Waals surface area contributed by atoms with Gasteiger partial charge in [-0.05, 0) is 46.0 Å². The lowest BCUT2D eigenvalue weighted by atomic mass is 9.93. The van der Waals surface area contributed by atoms with Crippen molar-refractivity contribution in [1.82, 2.24) is 14.8 Å². The molecule has 2 rings (SSSR count). The van der Waals surface area contributed by atoms with E-state index in [1.165, 1.54) is 20.8 Å². The predicted molar refractivity (Wildman–Crippen MR) is 91.9 cm³/mol. The van der Waals surface area contributed by atoms with Crippen molar-refractivity contribution in [3.05, 3.63) is 11.5 Å². The van der Waals surface area contributed by atoms with Gasteiger partial charge in [0.25, 0.3) is 0 Å². The van der Waals surface area contributed by atoms with E-state index >= 15 is 0 Å². The Labute approximate surface area is 152 Å². The smallest absolute Gasteiger partial charge is 0.303 e. The minimum Gasteiger partial charge on any atom is -0.481 e. The SMILES string of the molecule is Cc1noc(C)c1S(=O)(=O)NC(C)C(=O)N1CCCC(CCC(=O)O)C1. The number of piperidine rings is 1. The molecule has 1 amide bonds. The van der Waals surface area contributed by atoms with E-state index in [2.05, 4.69) is 9.88 Å². The molecule has 10 heteroatoms. The minimum atomic E-state index is -3.93. The maximum absolute atomic E-state index is 12.6. The lowest BCUT2D eigenvalue weighted by Crippen LogP contribution is -2.50. The van der Waals surface area contributed by atoms with Crippen molar-refractivity contribution in [2.24, 2.45) is 5.92 Å². The molecule has 26 heavy (non-hydrogen) atoms. The Morgan fingerprint density at radius 1 is 1.42 bits per heavy atom. The number of rotatable bonds is 7. The second kappa shape index (κ2) is 8.17. The van der Waals surface area contributed by atoms with Crippen molar-refractivity contribution in [3.63, 3.8) is 0 Å². The number of amides is 1. The summed E-state index contributed by atoms with van der Waals surface area (Å²) in [6.07, 6.45) is 2.23. The molecule has 2 N–H and O–H groups in total.